The van der Waals surface area contributed by atoms with Crippen molar-refractivity contribution in [2.45, 2.75) is 34.1 Å². The number of carbonyl (C=O) groups excluding carboxylic acids is 1. The zero-order valence-corrected chi connectivity index (χ0v) is 13.5. The lowest BCUT2D eigenvalue weighted by Crippen LogP contribution is -2.26. The molecule has 0 amide bonds. The van der Waals surface area contributed by atoms with Gasteiger partial charge in [-0.2, -0.15) is 0 Å². The smallest absolute Gasteiger partial charge is 0.340 e. The van der Waals surface area contributed by atoms with Crippen LogP contribution in [0.3, 0.4) is 0 Å². The number of benzene rings is 1. The number of nitrogens with two attached hydrogens (primary N) is 1. The van der Waals surface area contributed by atoms with E-state index in [1.807, 2.05) is 12.1 Å². The van der Waals surface area contributed by atoms with Crippen LogP contribution in [0.4, 0.5) is 11.4 Å². The molecule has 1 saturated heterocycles. The van der Waals surface area contributed by atoms with Crippen molar-refractivity contribution in [2.75, 3.05) is 30.3 Å². The molecule has 4 nitrogen and oxygen atoms in total. The van der Waals surface area contributed by atoms with Crippen LogP contribution >= 0.6 is 0 Å². The third-order valence-corrected chi connectivity index (χ3v) is 4.31. The Morgan fingerprint density at radius 2 is 2.14 bits per heavy atom. The first-order chi connectivity index (χ1) is 9.82. The number of nitrogen functional groups attached to an aromatic ring is 1. The van der Waals surface area contributed by atoms with E-state index in [2.05, 4.69) is 25.7 Å². The molecule has 1 aliphatic rings. The summed E-state index contributed by atoms with van der Waals surface area (Å²) in [6.07, 6.45) is 1.18. The van der Waals surface area contributed by atoms with Crippen LogP contribution in [0.1, 0.15) is 44.5 Å². The van der Waals surface area contributed by atoms with Gasteiger partial charge < -0.3 is 15.4 Å². The van der Waals surface area contributed by atoms with Crippen molar-refractivity contribution in [3.63, 3.8) is 0 Å². The SMILES string of the molecule is CCOC(=O)c1cc(N2CCC(C(C)(C)C)C2)ccc1N. The summed E-state index contributed by atoms with van der Waals surface area (Å²) in [4.78, 5) is 14.3. The average Bonchev–Trinajstić information content (AvgIpc) is 2.89. The first-order valence-corrected chi connectivity index (χ1v) is 7.64. The van der Waals surface area contributed by atoms with Crippen molar-refractivity contribution < 1.29 is 9.53 Å². The van der Waals surface area contributed by atoms with E-state index >= 15 is 0 Å². The molecule has 1 aromatic rings. The van der Waals surface area contributed by atoms with Gasteiger partial charge in [0, 0.05) is 24.5 Å². The van der Waals surface area contributed by atoms with Gasteiger partial charge in [0.15, 0.2) is 0 Å². The van der Waals surface area contributed by atoms with E-state index in [1.54, 1.807) is 13.0 Å². The Bertz CT molecular complexity index is 520. The zero-order chi connectivity index (χ0) is 15.6. The Morgan fingerprint density at radius 1 is 1.43 bits per heavy atom. The normalized spacial score (nSPS) is 18.9. The van der Waals surface area contributed by atoms with Crippen molar-refractivity contribution in [3.05, 3.63) is 23.8 Å². The summed E-state index contributed by atoms with van der Waals surface area (Å²) in [5, 5.41) is 0. The maximum atomic E-state index is 11.9. The summed E-state index contributed by atoms with van der Waals surface area (Å²) >= 11 is 0. The second-order valence-electron chi connectivity index (χ2n) is 6.79. The lowest BCUT2D eigenvalue weighted by molar-refractivity contribution is 0.0527. The fourth-order valence-electron chi connectivity index (χ4n) is 2.83. The van der Waals surface area contributed by atoms with Crippen molar-refractivity contribution in [1.82, 2.24) is 0 Å². The fourth-order valence-corrected chi connectivity index (χ4v) is 2.83. The third kappa shape index (κ3) is 3.49. The van der Waals surface area contributed by atoms with Crippen LogP contribution in [0.25, 0.3) is 0 Å². The van der Waals surface area contributed by atoms with E-state index in [4.69, 9.17) is 10.5 Å². The summed E-state index contributed by atoms with van der Waals surface area (Å²) in [7, 11) is 0. The van der Waals surface area contributed by atoms with Crippen LogP contribution in [0.2, 0.25) is 0 Å². The molecule has 1 aliphatic heterocycles. The van der Waals surface area contributed by atoms with Crippen LogP contribution in [0.15, 0.2) is 18.2 Å². The van der Waals surface area contributed by atoms with Gasteiger partial charge in [-0.25, -0.2) is 4.79 Å². The highest BCUT2D eigenvalue weighted by atomic mass is 16.5. The number of ether oxygens (including phenoxy) is 1. The standard InChI is InChI=1S/C17H26N2O2/c1-5-21-16(20)14-10-13(6-7-15(14)18)19-9-8-12(11-19)17(2,3)4/h6-7,10,12H,5,8-9,11,18H2,1-4H3. The number of carbonyl (C=O) groups is 1. The summed E-state index contributed by atoms with van der Waals surface area (Å²) in [5.74, 6) is 0.324. The molecule has 0 saturated carbocycles. The maximum absolute atomic E-state index is 11.9. The number of rotatable bonds is 3. The van der Waals surface area contributed by atoms with Crippen molar-refractivity contribution in [1.29, 1.82) is 0 Å². The second-order valence-corrected chi connectivity index (χ2v) is 6.79. The molecule has 1 atom stereocenters. The van der Waals surface area contributed by atoms with Crippen molar-refractivity contribution in [3.8, 4) is 0 Å². The van der Waals surface area contributed by atoms with Crippen molar-refractivity contribution in [2.24, 2.45) is 11.3 Å². The quantitative estimate of drug-likeness (QED) is 0.685. The number of hydrogen-bond donors (Lipinski definition) is 1. The highest BCUT2D eigenvalue weighted by molar-refractivity contribution is 5.96. The summed E-state index contributed by atoms with van der Waals surface area (Å²) in [5.41, 5.74) is 8.21. The van der Waals surface area contributed by atoms with Gasteiger partial charge in [-0.3, -0.25) is 0 Å². The molecule has 0 aliphatic carbocycles. The van der Waals surface area contributed by atoms with E-state index in [1.165, 1.54) is 6.42 Å². The molecule has 116 valence electrons. The van der Waals surface area contributed by atoms with Gasteiger partial charge in [-0.1, -0.05) is 20.8 Å². The topological polar surface area (TPSA) is 55.6 Å². The minimum Gasteiger partial charge on any atom is -0.462 e. The largest absolute Gasteiger partial charge is 0.462 e. The molecular weight excluding hydrogens is 264 g/mol. The van der Waals surface area contributed by atoms with Crippen LogP contribution in [-0.4, -0.2) is 25.7 Å². The molecule has 1 heterocycles. The fraction of sp³-hybridized carbons (Fsp3) is 0.588. The summed E-state index contributed by atoms with van der Waals surface area (Å²) in [6, 6.07) is 5.65. The van der Waals surface area contributed by atoms with Gasteiger partial charge in [0.2, 0.25) is 0 Å². The Balaban J connectivity index is 2.19. The Morgan fingerprint density at radius 3 is 2.71 bits per heavy atom. The van der Waals surface area contributed by atoms with Crippen LogP contribution in [0, 0.1) is 11.3 Å². The maximum Gasteiger partial charge on any atom is 0.340 e. The van der Waals surface area contributed by atoms with Gasteiger partial charge in [-0.15, -0.1) is 0 Å². The third-order valence-electron chi connectivity index (χ3n) is 4.31. The van der Waals surface area contributed by atoms with Crippen molar-refractivity contribution >= 4 is 17.3 Å². The highest BCUT2D eigenvalue weighted by Gasteiger charge is 2.32. The first-order valence-electron chi connectivity index (χ1n) is 7.64. The van der Waals surface area contributed by atoms with E-state index in [0.29, 0.717) is 29.2 Å². The molecule has 0 radical (unpaired) electrons. The minimum absolute atomic E-state index is 0.312. The van der Waals surface area contributed by atoms with Crippen LogP contribution < -0.4 is 10.6 Å². The molecule has 2 N–H and O–H groups in total. The van der Waals surface area contributed by atoms with E-state index in [9.17, 15) is 4.79 Å². The Kier molecular flexibility index (Phi) is 4.45. The molecule has 1 unspecified atom stereocenters. The Hall–Kier alpha value is -1.71. The predicted octanol–water partition coefficient (Wildman–Crippen LogP) is 3.32. The number of nitrogens with zero attached hydrogens (tertiary/aromatic N) is 1. The number of hydrogen-bond acceptors (Lipinski definition) is 4. The van der Waals surface area contributed by atoms with E-state index in [0.717, 1.165) is 18.8 Å². The molecule has 0 spiro atoms. The first kappa shape index (κ1) is 15.7. The number of esters is 1. The average molecular weight is 290 g/mol. The molecule has 0 bridgehead atoms. The van der Waals surface area contributed by atoms with Gasteiger partial charge >= 0.3 is 5.97 Å². The van der Waals surface area contributed by atoms with E-state index < -0.39 is 0 Å². The van der Waals surface area contributed by atoms with Gasteiger partial charge in [0.25, 0.3) is 0 Å². The molecule has 21 heavy (non-hydrogen) atoms. The van der Waals surface area contributed by atoms with Gasteiger partial charge in [-0.05, 0) is 42.9 Å². The van der Waals surface area contributed by atoms with E-state index in [-0.39, 0.29) is 5.97 Å². The molecule has 1 fully saturated rings. The monoisotopic (exact) mass is 290 g/mol. The second kappa shape index (κ2) is 5.96. The Labute approximate surface area is 127 Å². The van der Waals surface area contributed by atoms with Gasteiger partial charge in [0.1, 0.15) is 0 Å². The molecule has 0 aromatic heterocycles. The lowest BCUT2D eigenvalue weighted by atomic mass is 9.80. The minimum atomic E-state index is -0.344. The van der Waals surface area contributed by atoms with Crippen LogP contribution in [0.5, 0.6) is 0 Å². The van der Waals surface area contributed by atoms with Crippen LogP contribution in [-0.2, 0) is 4.74 Å². The lowest BCUT2D eigenvalue weighted by Gasteiger charge is -2.27. The summed E-state index contributed by atoms with van der Waals surface area (Å²) in [6.45, 7) is 11.1. The number of anilines is 2. The molecule has 2 rings (SSSR count). The molecule has 4 heteroatoms. The zero-order valence-electron chi connectivity index (χ0n) is 13.5. The predicted molar refractivity (Wildman–Crippen MR) is 86.6 cm³/mol. The highest BCUT2D eigenvalue weighted by Crippen LogP contribution is 2.36. The molecule has 1 aromatic carbocycles. The van der Waals surface area contributed by atoms with Gasteiger partial charge in [0.05, 0.1) is 12.2 Å². The molecular formula is C17H26N2O2. The summed E-state index contributed by atoms with van der Waals surface area (Å²) < 4.78 is 5.06.